The van der Waals surface area contributed by atoms with Crippen LogP contribution in [0, 0.1) is 0 Å². The summed E-state index contributed by atoms with van der Waals surface area (Å²) in [7, 11) is 0. The number of hydrogen-bond acceptors (Lipinski definition) is 2. The van der Waals surface area contributed by atoms with Crippen molar-refractivity contribution in [3.63, 3.8) is 0 Å². The normalized spacial score (nSPS) is 12.9. The maximum absolute atomic E-state index is 13.0. The highest BCUT2D eigenvalue weighted by atomic mass is 16.2. The van der Waals surface area contributed by atoms with Crippen molar-refractivity contribution in [2.45, 2.75) is 52.1 Å². The van der Waals surface area contributed by atoms with Crippen LogP contribution in [-0.4, -0.2) is 35.3 Å². The molecule has 0 saturated carbocycles. The third kappa shape index (κ3) is 6.55. The van der Waals surface area contributed by atoms with Crippen LogP contribution in [0.5, 0.6) is 0 Å². The Morgan fingerprint density at radius 2 is 1.48 bits per heavy atom. The zero-order valence-electron chi connectivity index (χ0n) is 16.5. The van der Waals surface area contributed by atoms with Crippen molar-refractivity contribution >= 4 is 11.8 Å². The summed E-state index contributed by atoms with van der Waals surface area (Å²) in [5, 5.41) is 2.99. The highest BCUT2D eigenvalue weighted by Crippen LogP contribution is 2.10. The van der Waals surface area contributed by atoms with Crippen molar-refractivity contribution in [1.29, 1.82) is 0 Å². The Labute approximate surface area is 162 Å². The number of hydrogen-bond donors (Lipinski definition) is 1. The second-order valence-electron chi connectivity index (χ2n) is 6.98. The van der Waals surface area contributed by atoms with E-state index in [1.54, 1.807) is 4.90 Å². The molecule has 0 unspecified atom stereocenters. The maximum Gasteiger partial charge on any atom is 0.242 e. The minimum atomic E-state index is -0.501. The first kappa shape index (κ1) is 20.7. The molecule has 0 aliphatic carbocycles. The summed E-state index contributed by atoms with van der Waals surface area (Å²) in [5.41, 5.74) is 2.12. The summed E-state index contributed by atoms with van der Waals surface area (Å²) in [6, 6.07) is 19.3. The largest absolute Gasteiger partial charge is 0.352 e. The lowest BCUT2D eigenvalue weighted by Gasteiger charge is -2.29. The van der Waals surface area contributed by atoms with Crippen LogP contribution in [0.2, 0.25) is 0 Å². The third-order valence-electron chi connectivity index (χ3n) is 4.85. The van der Waals surface area contributed by atoms with Gasteiger partial charge in [0.05, 0.1) is 6.42 Å². The van der Waals surface area contributed by atoms with E-state index in [1.165, 1.54) is 0 Å². The van der Waals surface area contributed by atoms with Gasteiger partial charge in [-0.15, -0.1) is 0 Å². The molecule has 0 saturated heterocycles. The molecule has 1 N–H and O–H groups in total. The molecule has 2 amide bonds. The number of carbonyl (C=O) groups is 2. The highest BCUT2D eigenvalue weighted by Gasteiger charge is 2.26. The van der Waals surface area contributed by atoms with Crippen LogP contribution in [0.15, 0.2) is 60.7 Å². The number of benzene rings is 2. The topological polar surface area (TPSA) is 49.4 Å². The molecule has 2 atom stereocenters. The van der Waals surface area contributed by atoms with Gasteiger partial charge in [-0.1, -0.05) is 67.6 Å². The molecule has 0 heterocycles. The number of amides is 2. The summed E-state index contributed by atoms with van der Waals surface area (Å²) in [6.45, 7) is 6.34. The van der Waals surface area contributed by atoms with Gasteiger partial charge < -0.3 is 10.2 Å². The zero-order valence-corrected chi connectivity index (χ0v) is 16.5. The lowest BCUT2D eigenvalue weighted by atomic mass is 10.1. The second kappa shape index (κ2) is 10.5. The number of carbonyl (C=O) groups excluding carboxylic acids is 2. The van der Waals surface area contributed by atoms with Gasteiger partial charge in [0.25, 0.3) is 0 Å². The van der Waals surface area contributed by atoms with Crippen molar-refractivity contribution in [3.8, 4) is 0 Å². The molecule has 2 aromatic carbocycles. The van der Waals surface area contributed by atoms with Crippen LogP contribution >= 0.6 is 0 Å². The number of rotatable bonds is 9. The van der Waals surface area contributed by atoms with Gasteiger partial charge >= 0.3 is 0 Å². The van der Waals surface area contributed by atoms with Crippen molar-refractivity contribution in [2.75, 3.05) is 6.54 Å². The van der Waals surface area contributed by atoms with Gasteiger partial charge in [-0.25, -0.2) is 0 Å². The Balaban J connectivity index is 2.11. The molecular weight excluding hydrogens is 336 g/mol. The van der Waals surface area contributed by atoms with Crippen molar-refractivity contribution in [2.24, 2.45) is 0 Å². The molecule has 0 radical (unpaired) electrons. The van der Waals surface area contributed by atoms with E-state index in [0.717, 1.165) is 24.0 Å². The van der Waals surface area contributed by atoms with Crippen molar-refractivity contribution in [1.82, 2.24) is 10.2 Å². The lowest BCUT2D eigenvalue weighted by molar-refractivity contribution is -0.139. The predicted octanol–water partition coefficient (Wildman–Crippen LogP) is 3.60. The number of nitrogens with one attached hydrogen (secondary N) is 1. The van der Waals surface area contributed by atoms with Crippen molar-refractivity contribution < 1.29 is 9.59 Å². The van der Waals surface area contributed by atoms with Crippen LogP contribution in [0.25, 0.3) is 0 Å². The minimum absolute atomic E-state index is 0.0241. The van der Waals surface area contributed by atoms with E-state index in [2.05, 4.69) is 5.32 Å². The maximum atomic E-state index is 13.0. The van der Waals surface area contributed by atoms with E-state index in [9.17, 15) is 9.59 Å². The molecule has 0 spiro atoms. The summed E-state index contributed by atoms with van der Waals surface area (Å²) >= 11 is 0. The Morgan fingerprint density at radius 1 is 0.926 bits per heavy atom. The zero-order chi connectivity index (χ0) is 19.6. The van der Waals surface area contributed by atoms with Crippen LogP contribution < -0.4 is 5.32 Å². The molecule has 0 aliphatic heterocycles. The predicted molar refractivity (Wildman–Crippen MR) is 109 cm³/mol. The molecule has 27 heavy (non-hydrogen) atoms. The van der Waals surface area contributed by atoms with E-state index >= 15 is 0 Å². The molecule has 0 aromatic heterocycles. The Morgan fingerprint density at radius 3 is 2.04 bits per heavy atom. The van der Waals surface area contributed by atoms with Crippen LogP contribution in [0.4, 0.5) is 0 Å². The smallest absolute Gasteiger partial charge is 0.242 e. The Hall–Kier alpha value is -2.62. The quantitative estimate of drug-likeness (QED) is 0.737. The van der Waals surface area contributed by atoms with E-state index in [-0.39, 0.29) is 17.9 Å². The van der Waals surface area contributed by atoms with Gasteiger partial charge in [0, 0.05) is 12.6 Å². The van der Waals surface area contributed by atoms with E-state index < -0.39 is 6.04 Å². The first-order valence-corrected chi connectivity index (χ1v) is 9.69. The van der Waals surface area contributed by atoms with Gasteiger partial charge in [-0.2, -0.15) is 0 Å². The Bertz CT molecular complexity index is 716. The fourth-order valence-electron chi connectivity index (χ4n) is 2.91. The van der Waals surface area contributed by atoms with Gasteiger partial charge in [-0.05, 0) is 37.8 Å². The third-order valence-corrected chi connectivity index (χ3v) is 4.85. The summed E-state index contributed by atoms with van der Waals surface area (Å²) < 4.78 is 0. The van der Waals surface area contributed by atoms with E-state index in [4.69, 9.17) is 0 Å². The first-order valence-electron chi connectivity index (χ1n) is 9.69. The fraction of sp³-hybridized carbons (Fsp3) is 0.391. The van der Waals surface area contributed by atoms with Crippen LogP contribution in [-0.2, 0) is 22.4 Å². The van der Waals surface area contributed by atoms with E-state index in [0.29, 0.717) is 13.0 Å². The van der Waals surface area contributed by atoms with Gasteiger partial charge in [0.2, 0.25) is 11.8 Å². The molecule has 0 fully saturated rings. The summed E-state index contributed by atoms with van der Waals surface area (Å²) in [6.07, 6.45) is 1.89. The van der Waals surface area contributed by atoms with Gasteiger partial charge in [0.15, 0.2) is 0 Å². The molecular formula is C23H30N2O2. The highest BCUT2D eigenvalue weighted by molar-refractivity contribution is 5.88. The number of nitrogens with zero attached hydrogens (tertiary/aromatic N) is 1. The molecule has 4 heteroatoms. The molecule has 4 nitrogen and oxygen atoms in total. The SMILES string of the molecule is CC[C@H](C)NC(=O)[C@@H](C)N(CCc1ccccc1)C(=O)Cc1ccccc1. The summed E-state index contributed by atoms with van der Waals surface area (Å²) in [4.78, 5) is 27.3. The fourth-order valence-corrected chi connectivity index (χ4v) is 2.91. The van der Waals surface area contributed by atoms with Crippen LogP contribution in [0.3, 0.4) is 0 Å². The molecule has 144 valence electrons. The first-order chi connectivity index (χ1) is 13.0. The molecule has 2 rings (SSSR count). The van der Waals surface area contributed by atoms with Crippen molar-refractivity contribution in [3.05, 3.63) is 71.8 Å². The van der Waals surface area contributed by atoms with Gasteiger partial charge in [-0.3, -0.25) is 9.59 Å². The van der Waals surface area contributed by atoms with Crippen LogP contribution in [0.1, 0.15) is 38.3 Å². The monoisotopic (exact) mass is 366 g/mol. The molecule has 2 aromatic rings. The molecule has 0 aliphatic rings. The standard InChI is InChI=1S/C23H30N2O2/c1-4-18(2)24-23(27)19(3)25(16-15-20-11-7-5-8-12-20)22(26)17-21-13-9-6-10-14-21/h5-14,18-19H,4,15-17H2,1-3H3,(H,24,27)/t18-,19+/m0/s1. The van der Waals surface area contributed by atoms with Gasteiger partial charge in [0.1, 0.15) is 6.04 Å². The van der Waals surface area contributed by atoms with E-state index in [1.807, 2.05) is 81.4 Å². The average Bonchev–Trinajstić information content (AvgIpc) is 2.69. The molecule has 0 bridgehead atoms. The second-order valence-corrected chi connectivity index (χ2v) is 6.98. The summed E-state index contributed by atoms with van der Waals surface area (Å²) in [5.74, 6) is -0.122. The lowest BCUT2D eigenvalue weighted by Crippen LogP contribution is -2.50. The minimum Gasteiger partial charge on any atom is -0.352 e. The average molecular weight is 367 g/mol. The Kier molecular flexibility index (Phi) is 8.05.